The van der Waals surface area contributed by atoms with E-state index in [-0.39, 0.29) is 36.6 Å². The maximum atomic E-state index is 12.0. The van der Waals surface area contributed by atoms with Gasteiger partial charge in [0.2, 0.25) is 5.91 Å². The molecule has 1 saturated heterocycles. The summed E-state index contributed by atoms with van der Waals surface area (Å²) in [5.74, 6) is 0.470. The van der Waals surface area contributed by atoms with Crippen LogP contribution in [-0.4, -0.2) is 38.6 Å². The minimum absolute atomic E-state index is 0. The number of piperidine rings is 1. The zero-order valence-electron chi connectivity index (χ0n) is 13.4. The number of carbonyl (C=O) groups is 1. The van der Waals surface area contributed by atoms with E-state index in [9.17, 15) is 4.79 Å². The number of para-hydroxylation sites is 1. The van der Waals surface area contributed by atoms with Crippen LogP contribution in [0.5, 0.6) is 0 Å². The largest absolute Gasteiger partial charge is 0.371 e. The molecule has 1 fully saturated rings. The zero-order chi connectivity index (χ0) is 14.5. The van der Waals surface area contributed by atoms with Crippen LogP contribution in [0.1, 0.15) is 24.8 Å². The molecule has 0 spiro atoms. The number of halogens is 2. The lowest BCUT2D eigenvalue weighted by atomic mass is 9.97. The van der Waals surface area contributed by atoms with Crippen LogP contribution in [0.25, 0.3) is 0 Å². The van der Waals surface area contributed by atoms with Crippen molar-refractivity contribution in [1.82, 2.24) is 10.6 Å². The van der Waals surface area contributed by atoms with Crippen molar-refractivity contribution in [2.45, 2.75) is 25.7 Å². The lowest BCUT2D eigenvalue weighted by Gasteiger charge is -2.22. The first-order valence-electron chi connectivity index (χ1n) is 8.16. The molecule has 0 radical (unpaired) electrons. The molecule has 3 rings (SSSR count). The summed E-state index contributed by atoms with van der Waals surface area (Å²) in [6, 6.07) is 8.64. The van der Waals surface area contributed by atoms with Crippen molar-refractivity contribution in [3.63, 3.8) is 0 Å². The van der Waals surface area contributed by atoms with Gasteiger partial charge in [-0.3, -0.25) is 4.79 Å². The van der Waals surface area contributed by atoms with Crippen molar-refractivity contribution in [1.29, 1.82) is 0 Å². The third kappa shape index (κ3) is 5.27. The Kier molecular flexibility index (Phi) is 8.74. The van der Waals surface area contributed by atoms with Crippen LogP contribution in [0.3, 0.4) is 0 Å². The van der Waals surface area contributed by atoms with Crippen molar-refractivity contribution < 1.29 is 4.79 Å². The topological polar surface area (TPSA) is 44.4 Å². The molecule has 0 aliphatic carbocycles. The average Bonchev–Trinajstić information content (AvgIpc) is 2.95. The van der Waals surface area contributed by atoms with E-state index in [2.05, 4.69) is 39.8 Å². The van der Waals surface area contributed by atoms with Crippen LogP contribution in [0.4, 0.5) is 5.69 Å². The van der Waals surface area contributed by atoms with E-state index in [4.69, 9.17) is 0 Å². The van der Waals surface area contributed by atoms with Gasteiger partial charge in [0.05, 0.1) is 0 Å². The second-order valence-corrected chi connectivity index (χ2v) is 6.03. The highest BCUT2D eigenvalue weighted by atomic mass is 35.5. The first-order chi connectivity index (χ1) is 10.3. The predicted molar refractivity (Wildman–Crippen MR) is 100 cm³/mol. The molecule has 2 aliphatic heterocycles. The Bertz CT molecular complexity index is 492. The molecule has 2 N–H and O–H groups in total. The van der Waals surface area contributed by atoms with E-state index < -0.39 is 0 Å². The van der Waals surface area contributed by atoms with Gasteiger partial charge in [0, 0.05) is 31.2 Å². The molecule has 0 aromatic heterocycles. The Morgan fingerprint density at radius 1 is 1.22 bits per heavy atom. The third-order valence-electron chi connectivity index (χ3n) is 4.60. The molecule has 2 heterocycles. The number of amides is 1. The van der Waals surface area contributed by atoms with Crippen molar-refractivity contribution in [3.05, 3.63) is 29.8 Å². The molecule has 23 heavy (non-hydrogen) atoms. The molecule has 0 atom stereocenters. The molecular formula is C17H27Cl2N3O. The van der Waals surface area contributed by atoms with E-state index in [1.807, 2.05) is 0 Å². The first kappa shape index (κ1) is 20.1. The summed E-state index contributed by atoms with van der Waals surface area (Å²) < 4.78 is 0. The number of hydrogen-bond acceptors (Lipinski definition) is 3. The summed E-state index contributed by atoms with van der Waals surface area (Å²) in [7, 11) is 0. The Morgan fingerprint density at radius 3 is 2.74 bits per heavy atom. The average molecular weight is 360 g/mol. The highest BCUT2D eigenvalue weighted by Gasteiger charge is 2.21. The summed E-state index contributed by atoms with van der Waals surface area (Å²) in [4.78, 5) is 14.5. The van der Waals surface area contributed by atoms with Crippen molar-refractivity contribution in [2.75, 3.05) is 37.6 Å². The number of nitrogens with zero attached hydrogens (tertiary/aromatic N) is 1. The second kappa shape index (κ2) is 10.0. The smallest absolute Gasteiger partial charge is 0.223 e. The van der Waals surface area contributed by atoms with E-state index in [1.54, 1.807) is 0 Å². The summed E-state index contributed by atoms with van der Waals surface area (Å²) in [6.07, 6.45) is 4.12. The highest BCUT2D eigenvalue weighted by molar-refractivity contribution is 5.85. The van der Waals surface area contributed by atoms with Crippen LogP contribution < -0.4 is 15.5 Å². The number of hydrogen-bond donors (Lipinski definition) is 2. The molecular weight excluding hydrogens is 333 g/mol. The Balaban J connectivity index is 0.00000132. The Morgan fingerprint density at radius 2 is 1.96 bits per heavy atom. The first-order valence-corrected chi connectivity index (χ1v) is 8.16. The van der Waals surface area contributed by atoms with Crippen molar-refractivity contribution in [3.8, 4) is 0 Å². The molecule has 2 aliphatic rings. The zero-order valence-corrected chi connectivity index (χ0v) is 15.1. The van der Waals surface area contributed by atoms with Crippen LogP contribution in [-0.2, 0) is 11.2 Å². The minimum atomic E-state index is 0. The van der Waals surface area contributed by atoms with E-state index in [0.29, 0.717) is 0 Å². The Hall–Kier alpha value is -0.970. The summed E-state index contributed by atoms with van der Waals surface area (Å²) >= 11 is 0. The van der Waals surface area contributed by atoms with E-state index in [0.717, 1.165) is 58.4 Å². The number of fused-ring (bicyclic) bond motifs is 1. The fourth-order valence-corrected chi connectivity index (χ4v) is 3.35. The standard InChI is InChI=1S/C17H25N3O.2ClH/c21-17(15-6-10-18-11-7-15)19-9-3-12-20-13-8-14-4-1-2-5-16(14)20;;/h1-2,4-5,15,18H,3,6-13H2,(H,19,21);2*1H. The summed E-state index contributed by atoms with van der Waals surface area (Å²) in [5, 5.41) is 6.40. The van der Waals surface area contributed by atoms with Crippen LogP contribution >= 0.6 is 24.8 Å². The molecule has 0 unspecified atom stereocenters. The lowest BCUT2D eigenvalue weighted by Crippen LogP contribution is -2.39. The van der Waals surface area contributed by atoms with E-state index in [1.165, 1.54) is 11.3 Å². The van der Waals surface area contributed by atoms with E-state index >= 15 is 0 Å². The molecule has 1 aromatic rings. The van der Waals surface area contributed by atoms with Gasteiger partial charge in [-0.2, -0.15) is 0 Å². The molecule has 1 amide bonds. The van der Waals surface area contributed by atoms with Gasteiger partial charge in [-0.05, 0) is 50.4 Å². The highest BCUT2D eigenvalue weighted by Crippen LogP contribution is 2.27. The number of nitrogens with one attached hydrogen (secondary N) is 2. The molecule has 6 heteroatoms. The van der Waals surface area contributed by atoms with Gasteiger partial charge in [-0.25, -0.2) is 0 Å². The summed E-state index contributed by atoms with van der Waals surface area (Å²) in [6.45, 7) is 4.89. The van der Waals surface area contributed by atoms with Crippen LogP contribution in [0.15, 0.2) is 24.3 Å². The van der Waals surface area contributed by atoms with Crippen molar-refractivity contribution >= 4 is 36.4 Å². The predicted octanol–water partition coefficient (Wildman–Crippen LogP) is 2.40. The number of anilines is 1. The van der Waals surface area contributed by atoms with Gasteiger partial charge >= 0.3 is 0 Å². The SMILES string of the molecule is Cl.Cl.O=C(NCCCN1CCc2ccccc21)C1CCNCC1. The fourth-order valence-electron chi connectivity index (χ4n) is 3.35. The number of benzene rings is 1. The Labute approximate surface area is 151 Å². The number of carbonyl (C=O) groups excluding carboxylic acids is 1. The normalized spacial score (nSPS) is 17.0. The quantitative estimate of drug-likeness (QED) is 0.793. The summed E-state index contributed by atoms with van der Waals surface area (Å²) in [5.41, 5.74) is 2.83. The second-order valence-electron chi connectivity index (χ2n) is 6.03. The number of rotatable bonds is 5. The van der Waals surface area contributed by atoms with Gasteiger partial charge in [0.1, 0.15) is 0 Å². The lowest BCUT2D eigenvalue weighted by molar-refractivity contribution is -0.125. The van der Waals surface area contributed by atoms with Gasteiger partial charge in [0.25, 0.3) is 0 Å². The van der Waals surface area contributed by atoms with Gasteiger partial charge < -0.3 is 15.5 Å². The third-order valence-corrected chi connectivity index (χ3v) is 4.60. The van der Waals surface area contributed by atoms with Gasteiger partial charge in [-0.1, -0.05) is 18.2 Å². The van der Waals surface area contributed by atoms with Gasteiger partial charge in [0.15, 0.2) is 0 Å². The van der Waals surface area contributed by atoms with Crippen molar-refractivity contribution in [2.24, 2.45) is 5.92 Å². The molecule has 0 bridgehead atoms. The maximum absolute atomic E-state index is 12.0. The minimum Gasteiger partial charge on any atom is -0.371 e. The van der Waals surface area contributed by atoms with Crippen LogP contribution in [0, 0.1) is 5.92 Å². The molecule has 1 aromatic carbocycles. The fraction of sp³-hybridized carbons (Fsp3) is 0.588. The maximum Gasteiger partial charge on any atom is 0.223 e. The molecule has 4 nitrogen and oxygen atoms in total. The monoisotopic (exact) mass is 359 g/mol. The molecule has 130 valence electrons. The van der Waals surface area contributed by atoms with Gasteiger partial charge in [-0.15, -0.1) is 24.8 Å². The molecule has 0 saturated carbocycles. The van der Waals surface area contributed by atoms with Crippen LogP contribution in [0.2, 0.25) is 0 Å².